The number of pyridine rings is 1. The maximum Gasteiger partial charge on any atom is 0.0445 e. The monoisotopic (exact) mass is 273 g/mol. The maximum atomic E-state index is 4.33. The Labute approximate surface area is 122 Å². The second kappa shape index (κ2) is 6.13. The van der Waals surface area contributed by atoms with Gasteiger partial charge in [0.1, 0.15) is 0 Å². The molecule has 0 aliphatic heterocycles. The summed E-state index contributed by atoms with van der Waals surface area (Å²) < 4.78 is 0. The smallest absolute Gasteiger partial charge is 0.0445 e. The Morgan fingerprint density at radius 2 is 2.10 bits per heavy atom. The van der Waals surface area contributed by atoms with Gasteiger partial charge in [0.05, 0.1) is 0 Å². The van der Waals surface area contributed by atoms with Crippen molar-refractivity contribution in [2.45, 2.75) is 52.1 Å². The SMILES string of the molecule is CC(C)CNCc1cnccc1N(CC1CC1)C1CC1. The van der Waals surface area contributed by atoms with E-state index in [1.807, 2.05) is 12.4 Å². The summed E-state index contributed by atoms with van der Waals surface area (Å²) in [4.78, 5) is 6.99. The molecule has 1 aromatic heterocycles. The molecule has 2 fully saturated rings. The average Bonchev–Trinajstić information content (AvgIpc) is 3.29. The maximum absolute atomic E-state index is 4.33. The quantitative estimate of drug-likeness (QED) is 0.788. The lowest BCUT2D eigenvalue weighted by Crippen LogP contribution is -2.30. The summed E-state index contributed by atoms with van der Waals surface area (Å²) in [5.41, 5.74) is 2.78. The van der Waals surface area contributed by atoms with Crippen molar-refractivity contribution in [2.75, 3.05) is 18.0 Å². The Bertz CT molecular complexity index is 436. The fourth-order valence-corrected chi connectivity index (χ4v) is 2.74. The first-order valence-corrected chi connectivity index (χ1v) is 8.14. The van der Waals surface area contributed by atoms with Gasteiger partial charge in [0.15, 0.2) is 0 Å². The van der Waals surface area contributed by atoms with E-state index < -0.39 is 0 Å². The molecule has 3 rings (SSSR count). The molecule has 0 amide bonds. The number of nitrogens with one attached hydrogen (secondary N) is 1. The molecule has 1 aromatic rings. The van der Waals surface area contributed by atoms with Crippen molar-refractivity contribution in [1.82, 2.24) is 10.3 Å². The highest BCUT2D eigenvalue weighted by Gasteiger charge is 2.34. The van der Waals surface area contributed by atoms with Crippen molar-refractivity contribution in [3.8, 4) is 0 Å². The van der Waals surface area contributed by atoms with E-state index in [2.05, 4.69) is 35.1 Å². The molecule has 0 saturated heterocycles. The van der Waals surface area contributed by atoms with Crippen molar-refractivity contribution in [2.24, 2.45) is 11.8 Å². The molecule has 2 aliphatic rings. The van der Waals surface area contributed by atoms with E-state index in [1.165, 1.54) is 43.5 Å². The molecular weight excluding hydrogens is 246 g/mol. The summed E-state index contributed by atoms with van der Waals surface area (Å²) >= 11 is 0. The van der Waals surface area contributed by atoms with Crippen LogP contribution >= 0.6 is 0 Å². The van der Waals surface area contributed by atoms with Crippen LogP contribution in [0.5, 0.6) is 0 Å². The van der Waals surface area contributed by atoms with Gasteiger partial charge >= 0.3 is 0 Å². The van der Waals surface area contributed by atoms with E-state index in [4.69, 9.17) is 0 Å². The van der Waals surface area contributed by atoms with Crippen LogP contribution in [-0.4, -0.2) is 24.1 Å². The van der Waals surface area contributed by atoms with Crippen LogP contribution in [0.4, 0.5) is 5.69 Å². The van der Waals surface area contributed by atoms with Crippen molar-refractivity contribution >= 4 is 5.69 Å². The highest BCUT2D eigenvalue weighted by Crippen LogP contribution is 2.38. The Balaban J connectivity index is 1.69. The van der Waals surface area contributed by atoms with Gasteiger partial charge in [0, 0.05) is 42.8 Å². The van der Waals surface area contributed by atoms with Crippen LogP contribution in [-0.2, 0) is 6.54 Å². The van der Waals surface area contributed by atoms with Crippen molar-refractivity contribution in [1.29, 1.82) is 0 Å². The lowest BCUT2D eigenvalue weighted by atomic mass is 10.1. The van der Waals surface area contributed by atoms with Crippen molar-refractivity contribution < 1.29 is 0 Å². The summed E-state index contributed by atoms with van der Waals surface area (Å²) in [5, 5.41) is 3.56. The second-order valence-corrected chi connectivity index (χ2v) is 6.86. The van der Waals surface area contributed by atoms with Crippen LogP contribution < -0.4 is 10.2 Å². The van der Waals surface area contributed by atoms with Gasteiger partial charge in [0.25, 0.3) is 0 Å². The van der Waals surface area contributed by atoms with E-state index in [9.17, 15) is 0 Å². The van der Waals surface area contributed by atoms with Gasteiger partial charge in [-0.1, -0.05) is 13.8 Å². The molecule has 20 heavy (non-hydrogen) atoms. The Morgan fingerprint density at radius 1 is 1.30 bits per heavy atom. The molecule has 3 nitrogen and oxygen atoms in total. The molecule has 3 heteroatoms. The first-order chi connectivity index (χ1) is 9.74. The molecule has 0 aromatic carbocycles. The van der Waals surface area contributed by atoms with Gasteiger partial charge in [-0.2, -0.15) is 0 Å². The summed E-state index contributed by atoms with van der Waals surface area (Å²) in [7, 11) is 0. The van der Waals surface area contributed by atoms with Crippen LogP contribution in [0.1, 0.15) is 45.1 Å². The second-order valence-electron chi connectivity index (χ2n) is 6.86. The summed E-state index contributed by atoms with van der Waals surface area (Å²) in [5.74, 6) is 1.64. The molecule has 1 N–H and O–H groups in total. The van der Waals surface area contributed by atoms with Crippen molar-refractivity contribution in [3.05, 3.63) is 24.0 Å². The van der Waals surface area contributed by atoms with Gasteiger partial charge in [0.2, 0.25) is 0 Å². The molecule has 0 radical (unpaired) electrons. The minimum atomic E-state index is 0.695. The number of anilines is 1. The number of nitrogens with zero attached hydrogens (tertiary/aromatic N) is 2. The largest absolute Gasteiger partial charge is 0.368 e. The zero-order chi connectivity index (χ0) is 13.9. The number of rotatable bonds is 8. The first kappa shape index (κ1) is 13.9. The predicted molar refractivity (Wildman–Crippen MR) is 83.9 cm³/mol. The third-order valence-corrected chi connectivity index (χ3v) is 4.19. The fourth-order valence-electron chi connectivity index (χ4n) is 2.74. The summed E-state index contributed by atoms with van der Waals surface area (Å²) in [6.45, 7) is 7.77. The van der Waals surface area contributed by atoms with E-state index in [0.29, 0.717) is 5.92 Å². The summed E-state index contributed by atoms with van der Waals surface area (Å²) in [6, 6.07) is 3.01. The van der Waals surface area contributed by atoms with Gasteiger partial charge in [-0.3, -0.25) is 4.98 Å². The molecule has 0 unspecified atom stereocenters. The van der Waals surface area contributed by atoms with Crippen LogP contribution in [0.3, 0.4) is 0 Å². The number of aromatic nitrogens is 1. The Kier molecular flexibility index (Phi) is 4.25. The normalized spacial score (nSPS) is 18.6. The van der Waals surface area contributed by atoms with Crippen LogP contribution in [0.25, 0.3) is 0 Å². The minimum absolute atomic E-state index is 0.695. The fraction of sp³-hybridized carbons (Fsp3) is 0.706. The van der Waals surface area contributed by atoms with Crippen LogP contribution in [0.2, 0.25) is 0 Å². The lowest BCUT2D eigenvalue weighted by molar-refractivity contribution is 0.551. The van der Waals surface area contributed by atoms with Gasteiger partial charge in [-0.25, -0.2) is 0 Å². The third-order valence-electron chi connectivity index (χ3n) is 4.19. The zero-order valence-corrected chi connectivity index (χ0v) is 12.8. The van der Waals surface area contributed by atoms with Crippen LogP contribution in [0, 0.1) is 11.8 Å². The molecule has 2 saturated carbocycles. The van der Waals surface area contributed by atoms with Crippen LogP contribution in [0.15, 0.2) is 18.5 Å². The van der Waals surface area contributed by atoms with Gasteiger partial charge < -0.3 is 10.2 Å². The Morgan fingerprint density at radius 3 is 2.75 bits per heavy atom. The molecule has 0 bridgehead atoms. The first-order valence-electron chi connectivity index (χ1n) is 8.14. The van der Waals surface area contributed by atoms with E-state index in [1.54, 1.807) is 0 Å². The lowest BCUT2D eigenvalue weighted by Gasteiger charge is -2.27. The van der Waals surface area contributed by atoms with Gasteiger partial charge in [-0.05, 0) is 50.1 Å². The summed E-state index contributed by atoms with van der Waals surface area (Å²) in [6.07, 6.45) is 9.58. The average molecular weight is 273 g/mol. The highest BCUT2D eigenvalue weighted by molar-refractivity contribution is 5.54. The zero-order valence-electron chi connectivity index (χ0n) is 12.8. The van der Waals surface area contributed by atoms with Crippen molar-refractivity contribution in [3.63, 3.8) is 0 Å². The number of hydrogen-bond acceptors (Lipinski definition) is 3. The van der Waals surface area contributed by atoms with E-state index in [-0.39, 0.29) is 0 Å². The molecule has 0 atom stereocenters. The number of hydrogen-bond donors (Lipinski definition) is 1. The molecule has 0 spiro atoms. The molecular formula is C17H27N3. The molecule has 110 valence electrons. The molecule has 2 aliphatic carbocycles. The Hall–Kier alpha value is -1.09. The standard InChI is InChI=1S/C17H27N3/c1-13(2)9-19-11-15-10-18-8-7-17(15)20(16-5-6-16)12-14-3-4-14/h7-8,10,13-14,16,19H,3-6,9,11-12H2,1-2H3. The molecule has 1 heterocycles. The van der Waals surface area contributed by atoms with E-state index >= 15 is 0 Å². The van der Waals surface area contributed by atoms with Gasteiger partial charge in [-0.15, -0.1) is 0 Å². The van der Waals surface area contributed by atoms with E-state index in [0.717, 1.165) is 25.0 Å². The minimum Gasteiger partial charge on any atom is -0.368 e. The predicted octanol–water partition coefficient (Wildman–Crippen LogP) is 3.21. The third kappa shape index (κ3) is 3.72. The topological polar surface area (TPSA) is 28.2 Å². The highest BCUT2D eigenvalue weighted by atomic mass is 15.2.